The van der Waals surface area contributed by atoms with E-state index in [0.29, 0.717) is 13.1 Å². The molecule has 1 atom stereocenters. The van der Waals surface area contributed by atoms with Crippen molar-refractivity contribution in [1.82, 2.24) is 20.4 Å². The highest BCUT2D eigenvalue weighted by molar-refractivity contribution is 5.85. The van der Waals surface area contributed by atoms with Crippen molar-refractivity contribution in [3.63, 3.8) is 0 Å². The van der Waals surface area contributed by atoms with E-state index in [0.717, 1.165) is 18.7 Å². The van der Waals surface area contributed by atoms with Gasteiger partial charge in [0.1, 0.15) is 0 Å². The van der Waals surface area contributed by atoms with E-state index in [4.69, 9.17) is 0 Å². The molecule has 6 nitrogen and oxygen atoms in total. The maximum Gasteiger partial charge on any atom is 0.262 e. The Balaban J connectivity index is 0.00000208. The molecule has 134 valence electrons. The van der Waals surface area contributed by atoms with E-state index in [2.05, 4.69) is 20.4 Å². The van der Waals surface area contributed by atoms with Crippen LogP contribution in [0.5, 0.6) is 0 Å². The second-order valence-electron chi connectivity index (χ2n) is 6.24. The Bertz CT molecular complexity index is 554. The smallest absolute Gasteiger partial charge is 0.262 e. The fourth-order valence-corrected chi connectivity index (χ4v) is 3.25. The summed E-state index contributed by atoms with van der Waals surface area (Å²) in [4.78, 5) is 16.1. The van der Waals surface area contributed by atoms with Crippen LogP contribution < -0.4 is 10.2 Å². The molecule has 1 aromatic rings. The Kier molecular flexibility index (Phi) is 5.92. The molecule has 24 heavy (non-hydrogen) atoms. The number of amides is 1. The predicted molar refractivity (Wildman–Crippen MR) is 88.6 cm³/mol. The molecule has 0 saturated carbocycles. The van der Waals surface area contributed by atoms with Crippen molar-refractivity contribution in [2.45, 2.75) is 37.3 Å². The highest BCUT2D eigenvalue weighted by Crippen LogP contribution is 2.27. The molecular weight excluding hydrogens is 340 g/mol. The summed E-state index contributed by atoms with van der Waals surface area (Å²) in [5.41, 5.74) is 0. The maximum atomic E-state index is 13.2. The van der Waals surface area contributed by atoms with Gasteiger partial charge in [0.15, 0.2) is 5.82 Å². The standard InChI is InChI=1S/C15H21F2N5O.ClH/c1-21(13-3-2-6-19-20-13)11-4-7-22(8-5-11)14(23)12-9-15(16,17)10-18-12;/h2-3,6,11-12,18H,4-5,7-10H2,1H3;1H. The minimum atomic E-state index is -2.77. The number of hydrogen-bond acceptors (Lipinski definition) is 5. The van der Waals surface area contributed by atoms with Gasteiger partial charge in [0.25, 0.3) is 5.92 Å². The van der Waals surface area contributed by atoms with Crippen molar-refractivity contribution in [2.75, 3.05) is 31.6 Å². The van der Waals surface area contributed by atoms with E-state index >= 15 is 0 Å². The third-order valence-electron chi connectivity index (χ3n) is 4.65. The quantitative estimate of drug-likeness (QED) is 0.880. The van der Waals surface area contributed by atoms with Crippen LogP contribution >= 0.6 is 12.4 Å². The first-order chi connectivity index (χ1) is 11.0. The van der Waals surface area contributed by atoms with Gasteiger partial charge in [-0.1, -0.05) is 0 Å². The molecule has 0 spiro atoms. The number of piperidine rings is 1. The lowest BCUT2D eigenvalue weighted by Gasteiger charge is -2.37. The molecule has 1 aromatic heterocycles. The zero-order chi connectivity index (χ0) is 16.4. The number of halogens is 3. The second kappa shape index (κ2) is 7.57. The van der Waals surface area contributed by atoms with Gasteiger partial charge in [0, 0.05) is 38.8 Å². The topological polar surface area (TPSA) is 61.4 Å². The van der Waals surface area contributed by atoms with Gasteiger partial charge >= 0.3 is 0 Å². The van der Waals surface area contributed by atoms with E-state index < -0.39 is 24.9 Å². The lowest BCUT2D eigenvalue weighted by Crippen LogP contribution is -2.50. The predicted octanol–water partition coefficient (Wildman–Crippen LogP) is 1.32. The first-order valence-corrected chi connectivity index (χ1v) is 7.87. The van der Waals surface area contributed by atoms with Crippen molar-refractivity contribution in [1.29, 1.82) is 0 Å². The molecule has 2 saturated heterocycles. The van der Waals surface area contributed by atoms with Crippen LogP contribution in [0.2, 0.25) is 0 Å². The number of carbonyl (C=O) groups is 1. The largest absolute Gasteiger partial charge is 0.355 e. The molecule has 0 aromatic carbocycles. The van der Waals surface area contributed by atoms with Gasteiger partial charge in [0.05, 0.1) is 12.6 Å². The maximum absolute atomic E-state index is 13.2. The fraction of sp³-hybridized carbons (Fsp3) is 0.667. The average Bonchev–Trinajstić information content (AvgIpc) is 2.94. The van der Waals surface area contributed by atoms with E-state index in [-0.39, 0.29) is 24.4 Å². The van der Waals surface area contributed by atoms with Crippen molar-refractivity contribution in [3.8, 4) is 0 Å². The monoisotopic (exact) mass is 361 g/mol. The number of nitrogens with zero attached hydrogens (tertiary/aromatic N) is 4. The Labute approximate surface area is 146 Å². The Hall–Kier alpha value is -1.54. The Morgan fingerprint density at radius 2 is 2.12 bits per heavy atom. The summed E-state index contributed by atoms with van der Waals surface area (Å²) in [6.45, 7) is 0.755. The van der Waals surface area contributed by atoms with E-state index in [9.17, 15) is 13.6 Å². The average molecular weight is 362 g/mol. The molecule has 0 aliphatic carbocycles. The normalized spacial score (nSPS) is 23.6. The first-order valence-electron chi connectivity index (χ1n) is 7.87. The highest BCUT2D eigenvalue weighted by atomic mass is 35.5. The van der Waals surface area contributed by atoms with Crippen LogP contribution in [0.1, 0.15) is 19.3 Å². The summed E-state index contributed by atoms with van der Waals surface area (Å²) in [5.74, 6) is -2.18. The third-order valence-corrected chi connectivity index (χ3v) is 4.65. The highest BCUT2D eigenvalue weighted by Gasteiger charge is 2.44. The lowest BCUT2D eigenvalue weighted by molar-refractivity contribution is -0.134. The first kappa shape index (κ1) is 18.8. The van der Waals surface area contributed by atoms with Gasteiger partial charge in [-0.15, -0.1) is 17.5 Å². The molecule has 0 bridgehead atoms. The van der Waals surface area contributed by atoms with E-state index in [1.165, 1.54) is 0 Å². The lowest BCUT2D eigenvalue weighted by atomic mass is 10.0. The molecule has 1 amide bonds. The number of likely N-dealkylation sites (tertiary alicyclic amines) is 1. The molecule has 1 unspecified atom stereocenters. The molecule has 1 N–H and O–H groups in total. The van der Waals surface area contributed by atoms with Gasteiger partial charge in [-0.3, -0.25) is 10.1 Å². The molecule has 9 heteroatoms. The SMILES string of the molecule is CN(c1cccnn1)C1CCN(C(=O)C2CC(F)(F)CN2)CC1.Cl. The number of aromatic nitrogens is 2. The molecular formula is C15H22ClF2N5O. The molecule has 2 aliphatic rings. The summed E-state index contributed by atoms with van der Waals surface area (Å²) in [5, 5.41) is 10.6. The number of carbonyl (C=O) groups excluding carboxylic acids is 1. The van der Waals surface area contributed by atoms with Gasteiger partial charge < -0.3 is 9.80 Å². The van der Waals surface area contributed by atoms with Gasteiger partial charge in [-0.2, -0.15) is 5.10 Å². The van der Waals surface area contributed by atoms with Crippen molar-refractivity contribution in [3.05, 3.63) is 18.3 Å². The molecule has 3 rings (SSSR count). The molecule has 2 aliphatic heterocycles. The Morgan fingerprint density at radius 3 is 2.67 bits per heavy atom. The number of rotatable bonds is 3. The minimum absolute atomic E-state index is 0. The zero-order valence-electron chi connectivity index (χ0n) is 13.5. The third kappa shape index (κ3) is 4.10. The fourth-order valence-electron chi connectivity index (χ4n) is 3.25. The summed E-state index contributed by atoms with van der Waals surface area (Å²) < 4.78 is 26.4. The van der Waals surface area contributed by atoms with E-state index in [1.54, 1.807) is 11.1 Å². The summed E-state index contributed by atoms with van der Waals surface area (Å²) in [6.07, 6.45) is 2.82. The molecule has 3 heterocycles. The van der Waals surface area contributed by atoms with Crippen LogP contribution in [0.15, 0.2) is 18.3 Å². The zero-order valence-corrected chi connectivity index (χ0v) is 14.3. The van der Waals surface area contributed by atoms with Crippen LogP contribution in [0.25, 0.3) is 0 Å². The number of anilines is 1. The van der Waals surface area contributed by atoms with Gasteiger partial charge in [0.2, 0.25) is 5.91 Å². The van der Waals surface area contributed by atoms with Gasteiger partial charge in [-0.05, 0) is 25.0 Å². The van der Waals surface area contributed by atoms with Crippen molar-refractivity contribution in [2.24, 2.45) is 0 Å². The van der Waals surface area contributed by atoms with Crippen LogP contribution in [-0.4, -0.2) is 65.7 Å². The van der Waals surface area contributed by atoms with Crippen LogP contribution in [0.3, 0.4) is 0 Å². The number of alkyl halides is 2. The summed E-state index contributed by atoms with van der Waals surface area (Å²) in [7, 11) is 1.96. The molecule has 0 radical (unpaired) electrons. The van der Waals surface area contributed by atoms with E-state index in [1.807, 2.05) is 19.2 Å². The Morgan fingerprint density at radius 1 is 1.42 bits per heavy atom. The minimum Gasteiger partial charge on any atom is -0.355 e. The summed E-state index contributed by atoms with van der Waals surface area (Å²) in [6, 6.07) is 3.26. The van der Waals surface area contributed by atoms with Crippen LogP contribution in [0.4, 0.5) is 14.6 Å². The number of hydrogen-bond donors (Lipinski definition) is 1. The van der Waals surface area contributed by atoms with Crippen LogP contribution in [0, 0.1) is 0 Å². The summed E-state index contributed by atoms with van der Waals surface area (Å²) >= 11 is 0. The van der Waals surface area contributed by atoms with Crippen molar-refractivity contribution < 1.29 is 13.6 Å². The number of nitrogens with one attached hydrogen (secondary N) is 1. The van der Waals surface area contributed by atoms with Crippen molar-refractivity contribution >= 4 is 24.1 Å². The molecule has 2 fully saturated rings. The van der Waals surface area contributed by atoms with Gasteiger partial charge in [-0.25, -0.2) is 8.78 Å². The van der Waals surface area contributed by atoms with Crippen LogP contribution in [-0.2, 0) is 4.79 Å². The second-order valence-corrected chi connectivity index (χ2v) is 6.24.